The Morgan fingerprint density at radius 3 is 2.26 bits per heavy atom. The van der Waals surface area contributed by atoms with Crippen molar-refractivity contribution < 1.29 is 0 Å². The van der Waals surface area contributed by atoms with Gasteiger partial charge in [0, 0.05) is 42.6 Å². The molecule has 0 unspecified atom stereocenters. The zero-order chi connectivity index (χ0) is 21.6. The second-order valence-corrected chi connectivity index (χ2v) is 9.16. The molecule has 1 aromatic heterocycles. The number of halogens is 1. The average Bonchev–Trinajstić information content (AvgIpc) is 3.23. The minimum atomic E-state index is 0.445. The van der Waals surface area contributed by atoms with Crippen molar-refractivity contribution in [2.45, 2.75) is 39.0 Å². The number of hydrogen-bond donors (Lipinski definition) is 0. The normalized spacial score (nSPS) is 15.0. The second-order valence-electron chi connectivity index (χ2n) is 8.72. The minimum Gasteiger partial charge on any atom is -0.369 e. The van der Waals surface area contributed by atoms with Crippen molar-refractivity contribution in [2.24, 2.45) is 0 Å². The monoisotopic (exact) mass is 436 g/mol. The van der Waals surface area contributed by atoms with Crippen LogP contribution >= 0.6 is 11.6 Å². The Morgan fingerprint density at radius 2 is 1.58 bits per heavy atom. The van der Waals surface area contributed by atoms with Crippen molar-refractivity contribution >= 4 is 17.3 Å². The molecule has 4 rings (SSSR count). The van der Waals surface area contributed by atoms with Crippen LogP contribution in [0.3, 0.4) is 0 Å². The van der Waals surface area contributed by atoms with E-state index in [1.807, 2.05) is 12.1 Å². The minimum absolute atomic E-state index is 0.445. The number of aromatic nitrogens is 2. The Balaban J connectivity index is 1.26. The first-order chi connectivity index (χ1) is 15.1. The molecule has 1 aliphatic heterocycles. The Hall–Kier alpha value is -2.30. The lowest BCUT2D eigenvalue weighted by Gasteiger charge is -2.36. The van der Waals surface area contributed by atoms with Crippen LogP contribution in [-0.2, 0) is 6.42 Å². The highest BCUT2D eigenvalue weighted by atomic mass is 35.5. The second kappa shape index (κ2) is 10.3. The highest BCUT2D eigenvalue weighted by Gasteiger charge is 2.17. The summed E-state index contributed by atoms with van der Waals surface area (Å²) in [7, 11) is 0. The highest BCUT2D eigenvalue weighted by Crippen LogP contribution is 2.21. The van der Waals surface area contributed by atoms with Crippen LogP contribution in [0.2, 0.25) is 5.02 Å². The van der Waals surface area contributed by atoms with Gasteiger partial charge in [-0.25, -0.2) is 4.68 Å². The standard InChI is InChI=1S/C26H33ClN4/c1-21(2)26-20-25(31(28-26)24-8-4-3-5-9-24)10-6-7-15-29-16-18-30(19-17-29)23-13-11-22(27)12-14-23/h3-5,8-9,11-14,20-21H,6-7,10,15-19H2,1-2H3. The van der Waals surface area contributed by atoms with Crippen molar-refractivity contribution in [3.05, 3.63) is 77.1 Å². The molecule has 164 valence electrons. The number of rotatable bonds is 8. The number of unbranched alkanes of at least 4 members (excludes halogenated alkanes) is 1. The van der Waals surface area contributed by atoms with Crippen LogP contribution in [0, 0.1) is 0 Å². The predicted molar refractivity (Wildman–Crippen MR) is 131 cm³/mol. The zero-order valence-electron chi connectivity index (χ0n) is 18.7. The smallest absolute Gasteiger partial charge is 0.0657 e. The van der Waals surface area contributed by atoms with Gasteiger partial charge in [-0.05, 0) is 74.2 Å². The van der Waals surface area contributed by atoms with E-state index in [2.05, 4.69) is 76.9 Å². The van der Waals surface area contributed by atoms with Crippen molar-refractivity contribution in [1.82, 2.24) is 14.7 Å². The van der Waals surface area contributed by atoms with Gasteiger partial charge in [-0.3, -0.25) is 4.90 Å². The third kappa shape index (κ3) is 5.69. The fraction of sp³-hybridized carbons (Fsp3) is 0.423. The van der Waals surface area contributed by atoms with Gasteiger partial charge < -0.3 is 4.90 Å². The third-order valence-electron chi connectivity index (χ3n) is 6.12. The van der Waals surface area contributed by atoms with Gasteiger partial charge >= 0.3 is 0 Å². The number of nitrogens with zero attached hydrogens (tertiary/aromatic N) is 4. The fourth-order valence-electron chi connectivity index (χ4n) is 4.22. The molecular weight excluding hydrogens is 404 g/mol. The summed E-state index contributed by atoms with van der Waals surface area (Å²) in [5.74, 6) is 0.445. The van der Waals surface area contributed by atoms with Crippen LogP contribution in [0.25, 0.3) is 5.69 Å². The first-order valence-corrected chi connectivity index (χ1v) is 11.8. The van der Waals surface area contributed by atoms with Gasteiger partial charge in [0.25, 0.3) is 0 Å². The fourth-order valence-corrected chi connectivity index (χ4v) is 4.34. The number of para-hydroxylation sites is 1. The van der Waals surface area contributed by atoms with E-state index < -0.39 is 0 Å². The van der Waals surface area contributed by atoms with Gasteiger partial charge in [0.2, 0.25) is 0 Å². The molecule has 0 bridgehead atoms. The lowest BCUT2D eigenvalue weighted by Crippen LogP contribution is -2.46. The summed E-state index contributed by atoms with van der Waals surface area (Å²) in [5, 5.41) is 5.69. The summed E-state index contributed by atoms with van der Waals surface area (Å²) in [6.45, 7) is 10.0. The summed E-state index contributed by atoms with van der Waals surface area (Å²) in [4.78, 5) is 5.05. The molecule has 0 atom stereocenters. The van der Waals surface area contributed by atoms with E-state index in [0.29, 0.717) is 5.92 Å². The quantitative estimate of drug-likeness (QED) is 0.417. The van der Waals surface area contributed by atoms with Crippen LogP contribution in [0.5, 0.6) is 0 Å². The summed E-state index contributed by atoms with van der Waals surface area (Å²) in [6.07, 6.45) is 3.48. The Bertz CT molecular complexity index is 941. The molecule has 3 aromatic rings. The number of benzene rings is 2. The first kappa shape index (κ1) is 21.9. The molecule has 1 fully saturated rings. The number of hydrogen-bond acceptors (Lipinski definition) is 3. The zero-order valence-corrected chi connectivity index (χ0v) is 19.4. The van der Waals surface area contributed by atoms with E-state index in [9.17, 15) is 0 Å². The molecule has 4 nitrogen and oxygen atoms in total. The summed E-state index contributed by atoms with van der Waals surface area (Å²) < 4.78 is 2.14. The topological polar surface area (TPSA) is 24.3 Å². The summed E-state index contributed by atoms with van der Waals surface area (Å²) in [6, 6.07) is 21.0. The molecule has 0 saturated carbocycles. The predicted octanol–water partition coefficient (Wildman–Crippen LogP) is 5.79. The van der Waals surface area contributed by atoms with Crippen molar-refractivity contribution in [2.75, 3.05) is 37.6 Å². The van der Waals surface area contributed by atoms with Crippen LogP contribution < -0.4 is 4.90 Å². The highest BCUT2D eigenvalue weighted by molar-refractivity contribution is 6.30. The molecule has 0 amide bonds. The van der Waals surface area contributed by atoms with Crippen LogP contribution in [0.1, 0.15) is 44.0 Å². The lowest BCUT2D eigenvalue weighted by molar-refractivity contribution is 0.253. The maximum atomic E-state index is 6.02. The van der Waals surface area contributed by atoms with E-state index in [0.717, 1.165) is 43.3 Å². The Morgan fingerprint density at radius 1 is 0.871 bits per heavy atom. The molecule has 0 radical (unpaired) electrons. The SMILES string of the molecule is CC(C)c1cc(CCCCN2CCN(c3ccc(Cl)cc3)CC2)n(-c2ccccc2)n1. The molecule has 5 heteroatoms. The number of aryl methyl sites for hydroxylation is 1. The van der Waals surface area contributed by atoms with Crippen LogP contribution in [0.15, 0.2) is 60.7 Å². The largest absolute Gasteiger partial charge is 0.369 e. The van der Waals surface area contributed by atoms with Gasteiger partial charge in [0.05, 0.1) is 11.4 Å². The third-order valence-corrected chi connectivity index (χ3v) is 6.37. The summed E-state index contributed by atoms with van der Waals surface area (Å²) in [5.41, 5.74) is 4.93. The van der Waals surface area contributed by atoms with Crippen molar-refractivity contribution in [1.29, 1.82) is 0 Å². The molecule has 0 spiro atoms. The maximum Gasteiger partial charge on any atom is 0.0657 e. The van der Waals surface area contributed by atoms with Gasteiger partial charge in [-0.2, -0.15) is 5.10 Å². The van der Waals surface area contributed by atoms with Gasteiger partial charge in [-0.15, -0.1) is 0 Å². The van der Waals surface area contributed by atoms with Crippen molar-refractivity contribution in [3.8, 4) is 5.69 Å². The molecule has 2 heterocycles. The number of anilines is 1. The molecule has 0 N–H and O–H groups in total. The van der Waals surface area contributed by atoms with Gasteiger partial charge in [-0.1, -0.05) is 43.6 Å². The van der Waals surface area contributed by atoms with E-state index >= 15 is 0 Å². The van der Waals surface area contributed by atoms with Crippen LogP contribution in [0.4, 0.5) is 5.69 Å². The molecule has 1 aliphatic rings. The molecule has 2 aromatic carbocycles. The number of piperazine rings is 1. The average molecular weight is 437 g/mol. The lowest BCUT2D eigenvalue weighted by atomic mass is 10.1. The van der Waals surface area contributed by atoms with Gasteiger partial charge in [0.15, 0.2) is 0 Å². The Labute approximate surface area is 191 Å². The Kier molecular flexibility index (Phi) is 7.31. The van der Waals surface area contributed by atoms with E-state index in [1.54, 1.807) is 0 Å². The summed E-state index contributed by atoms with van der Waals surface area (Å²) >= 11 is 6.02. The van der Waals surface area contributed by atoms with E-state index in [-0.39, 0.29) is 0 Å². The molecule has 1 saturated heterocycles. The van der Waals surface area contributed by atoms with E-state index in [4.69, 9.17) is 16.7 Å². The molecular formula is C26H33ClN4. The van der Waals surface area contributed by atoms with Gasteiger partial charge in [0.1, 0.15) is 0 Å². The van der Waals surface area contributed by atoms with Crippen molar-refractivity contribution in [3.63, 3.8) is 0 Å². The van der Waals surface area contributed by atoms with Crippen LogP contribution in [-0.4, -0.2) is 47.4 Å². The first-order valence-electron chi connectivity index (χ1n) is 11.5. The molecule has 31 heavy (non-hydrogen) atoms. The molecule has 0 aliphatic carbocycles. The maximum absolute atomic E-state index is 6.02. The van der Waals surface area contributed by atoms with E-state index in [1.165, 1.54) is 36.5 Å².